The van der Waals surface area contributed by atoms with E-state index in [0.29, 0.717) is 38.6 Å². The Labute approximate surface area is 360 Å². The topological polar surface area (TPSA) is 246 Å². The molecule has 3 aliphatic rings. The van der Waals surface area contributed by atoms with Gasteiger partial charge in [0.1, 0.15) is 6.04 Å². The van der Waals surface area contributed by atoms with Crippen LogP contribution in [0.1, 0.15) is 120 Å². The first-order chi connectivity index (χ1) is 29.4. The summed E-state index contributed by atoms with van der Waals surface area (Å²) in [5.74, 6) is -2.97. The zero-order chi connectivity index (χ0) is 43.9. The number of carbonyl (C=O) groups excluding carboxylic acids is 5. The minimum atomic E-state index is -2.51. The van der Waals surface area contributed by atoms with Gasteiger partial charge in [-0.3, -0.25) is 34.1 Å². The van der Waals surface area contributed by atoms with Crippen molar-refractivity contribution in [2.24, 2.45) is 29.0 Å². The van der Waals surface area contributed by atoms with Gasteiger partial charge >= 0.3 is 0 Å². The summed E-state index contributed by atoms with van der Waals surface area (Å²) in [5.41, 5.74) is 17.1. The van der Waals surface area contributed by atoms with E-state index >= 15 is 9.59 Å². The van der Waals surface area contributed by atoms with Crippen LogP contribution in [0.25, 0.3) is 0 Å². The van der Waals surface area contributed by atoms with Crippen molar-refractivity contribution in [2.45, 2.75) is 151 Å². The van der Waals surface area contributed by atoms with Gasteiger partial charge in [0.2, 0.25) is 17.7 Å². The molecule has 9 N–H and O–H groups in total. The highest BCUT2D eigenvalue weighted by molar-refractivity contribution is 6.18. The molecule has 334 valence electrons. The maximum absolute atomic E-state index is 15.7. The van der Waals surface area contributed by atoms with Gasteiger partial charge in [-0.1, -0.05) is 107 Å². The molecule has 0 aromatic heterocycles. The molecule has 0 bridgehead atoms. The van der Waals surface area contributed by atoms with Crippen LogP contribution in [0.5, 0.6) is 0 Å². The minimum absolute atomic E-state index is 0.112. The van der Waals surface area contributed by atoms with E-state index in [9.17, 15) is 24.5 Å². The number of nitrogens with two attached hydrogens (primary N) is 3. The quantitative estimate of drug-likeness (QED) is 0.0427. The average Bonchev–Trinajstić information content (AvgIpc) is 3.77. The Balaban J connectivity index is 1.54. The van der Waals surface area contributed by atoms with Crippen LogP contribution in [0, 0.1) is 22.0 Å². The van der Waals surface area contributed by atoms with E-state index in [1.165, 1.54) is 23.1 Å². The number of nitro groups is 1. The lowest BCUT2D eigenvalue weighted by atomic mass is 9.73. The predicted molar refractivity (Wildman–Crippen MR) is 234 cm³/mol. The van der Waals surface area contributed by atoms with E-state index in [1.54, 1.807) is 7.05 Å². The number of amides is 3. The number of likely N-dealkylation sites (N-methyl/N-ethyl adjacent to an activating group) is 1. The lowest BCUT2D eigenvalue weighted by molar-refractivity contribution is -0.384. The van der Waals surface area contributed by atoms with E-state index in [1.807, 2.05) is 30.3 Å². The second-order valence-electron chi connectivity index (χ2n) is 17.5. The summed E-state index contributed by atoms with van der Waals surface area (Å²) < 4.78 is 0. The molecule has 1 aliphatic heterocycles. The largest absolute Gasteiger partial charge is 0.343 e. The van der Waals surface area contributed by atoms with Crippen LogP contribution in [0.3, 0.4) is 0 Å². The highest BCUT2D eigenvalue weighted by Crippen LogP contribution is 2.36. The summed E-state index contributed by atoms with van der Waals surface area (Å²) in [4.78, 5) is 87.0. The molecule has 2 aromatic carbocycles. The van der Waals surface area contributed by atoms with Crippen molar-refractivity contribution in [3.8, 4) is 0 Å². The zero-order valence-electron chi connectivity index (χ0n) is 35.9. The Kier molecular flexibility index (Phi) is 17.9. The third-order valence-corrected chi connectivity index (χ3v) is 13.2. The first-order valence-corrected chi connectivity index (χ1v) is 22.6. The maximum atomic E-state index is 15.7. The number of Topliss-reactive ketones (excluding diaryl/α,β-unsaturated/α-hetero) is 2. The molecule has 15 heteroatoms. The van der Waals surface area contributed by atoms with Crippen LogP contribution in [0.2, 0.25) is 0 Å². The van der Waals surface area contributed by atoms with Crippen LogP contribution in [0.15, 0.2) is 54.6 Å². The van der Waals surface area contributed by atoms with E-state index in [-0.39, 0.29) is 48.9 Å². The summed E-state index contributed by atoms with van der Waals surface area (Å²) in [6.45, 7) is 0.519. The molecule has 2 aromatic rings. The van der Waals surface area contributed by atoms with Gasteiger partial charge in [0.05, 0.1) is 29.1 Å². The van der Waals surface area contributed by atoms with E-state index in [0.717, 1.165) is 75.8 Å². The number of benzene rings is 2. The van der Waals surface area contributed by atoms with Crippen molar-refractivity contribution >= 4 is 35.0 Å². The fourth-order valence-electron chi connectivity index (χ4n) is 9.74. The van der Waals surface area contributed by atoms with Crippen molar-refractivity contribution < 1.29 is 28.9 Å². The Morgan fingerprint density at radius 1 is 0.803 bits per heavy atom. The van der Waals surface area contributed by atoms with Gasteiger partial charge in [-0.25, -0.2) is 0 Å². The molecule has 1 heterocycles. The molecule has 5 rings (SSSR count). The Bertz CT molecular complexity index is 1800. The predicted octanol–water partition coefficient (Wildman–Crippen LogP) is 4.08. The van der Waals surface area contributed by atoms with E-state index in [4.69, 9.17) is 17.2 Å². The molecular weight excluding hydrogens is 777 g/mol. The van der Waals surface area contributed by atoms with Crippen LogP contribution in [-0.2, 0) is 35.9 Å². The van der Waals surface area contributed by atoms with Gasteiger partial charge in [-0.15, -0.1) is 0 Å². The summed E-state index contributed by atoms with van der Waals surface area (Å²) in [6, 6.07) is 9.42. The molecule has 0 spiro atoms. The number of nitrogens with one attached hydrogen (secondary N) is 3. The molecule has 15 nitrogen and oxygen atoms in total. The van der Waals surface area contributed by atoms with Gasteiger partial charge in [-0.2, -0.15) is 0 Å². The minimum Gasteiger partial charge on any atom is -0.343 e. The number of nitrogens with zero attached hydrogens (tertiary/aromatic N) is 2. The van der Waals surface area contributed by atoms with Gasteiger partial charge < -0.3 is 38.1 Å². The molecule has 6 atom stereocenters. The first-order valence-electron chi connectivity index (χ1n) is 22.6. The molecule has 1 unspecified atom stereocenters. The monoisotopic (exact) mass is 845 g/mol. The maximum Gasteiger partial charge on any atom is 0.269 e. The van der Waals surface area contributed by atoms with Crippen molar-refractivity contribution in [2.75, 3.05) is 20.1 Å². The van der Waals surface area contributed by atoms with Crippen LogP contribution in [-0.4, -0.2) is 89.5 Å². The molecule has 61 heavy (non-hydrogen) atoms. The van der Waals surface area contributed by atoms with Gasteiger partial charge in [0.15, 0.2) is 17.1 Å². The number of hydrogen-bond acceptors (Lipinski definition) is 11. The fourth-order valence-corrected chi connectivity index (χ4v) is 9.74. The standard InChI is InChI=1S/C46H68N8O7/c1-50-39(29-33-19-9-4-10-20-33)44(58)51-38(23-11-12-25-47)45(59)53-26-14-24-40(53)42(56)46(34-21-13-22-35(30-34)54(60)61,41(55)36(48)27-31-15-5-2-6-16-31)52-43(57)37(49)28-32-17-7-3-8-18-32/h4,9-10,13,19-22,30-32,36-40,50H,2-3,5-8,11-12,14-18,23-29,47-49H2,1H3,(H,51,58)(H,52,57)/t36-,37+,38+,39+,40+,46?/m1/s1. The second-order valence-corrected chi connectivity index (χ2v) is 17.5. The number of nitro benzene ring substituents is 1. The molecule has 2 saturated carbocycles. The third-order valence-electron chi connectivity index (χ3n) is 13.2. The highest BCUT2D eigenvalue weighted by Gasteiger charge is 2.56. The molecule has 2 aliphatic carbocycles. The van der Waals surface area contributed by atoms with Crippen LogP contribution >= 0.6 is 0 Å². The van der Waals surface area contributed by atoms with Crippen molar-refractivity contribution in [3.63, 3.8) is 0 Å². The van der Waals surface area contributed by atoms with Gasteiger partial charge in [0.25, 0.3) is 5.69 Å². The van der Waals surface area contributed by atoms with E-state index in [2.05, 4.69) is 16.0 Å². The lowest BCUT2D eigenvalue weighted by Gasteiger charge is -2.40. The fraction of sp³-hybridized carbons (Fsp3) is 0.630. The number of non-ortho nitro benzene ring substituents is 1. The van der Waals surface area contributed by atoms with Crippen molar-refractivity contribution in [3.05, 3.63) is 75.8 Å². The number of carbonyl (C=O) groups is 5. The second kappa shape index (κ2) is 23.0. The van der Waals surface area contributed by atoms with Crippen LogP contribution in [0.4, 0.5) is 5.69 Å². The van der Waals surface area contributed by atoms with Crippen LogP contribution < -0.4 is 33.2 Å². The zero-order valence-corrected chi connectivity index (χ0v) is 35.9. The number of unbranched alkanes of at least 4 members (excludes halogenated alkanes) is 1. The summed E-state index contributed by atoms with van der Waals surface area (Å²) in [5, 5.41) is 21.0. The highest BCUT2D eigenvalue weighted by atomic mass is 16.6. The van der Waals surface area contributed by atoms with Crippen molar-refractivity contribution in [1.29, 1.82) is 0 Å². The van der Waals surface area contributed by atoms with Gasteiger partial charge in [0, 0.05) is 18.7 Å². The number of hydrogen-bond donors (Lipinski definition) is 6. The molecule has 3 amide bonds. The SMILES string of the molecule is CN[C@@H](Cc1ccccc1)C(=O)N[C@@H](CCCCN)C(=O)N1CCC[C@H]1C(=O)C(NC(=O)[C@@H](N)CC1CCCCC1)(C(=O)[C@H](N)CC1CCCCC1)c1cccc([N+](=O)[O-])c1. The van der Waals surface area contributed by atoms with Crippen molar-refractivity contribution in [1.82, 2.24) is 20.9 Å². The lowest BCUT2D eigenvalue weighted by Crippen LogP contribution is -2.67. The Morgan fingerprint density at radius 3 is 2.05 bits per heavy atom. The normalized spacial score (nSPS) is 20.5. The molecule has 0 radical (unpaired) electrons. The molecular formula is C46H68N8O7. The summed E-state index contributed by atoms with van der Waals surface area (Å²) >= 11 is 0. The first kappa shape index (κ1) is 47.5. The Hall–Kier alpha value is -4.57. The number of rotatable bonds is 22. The summed E-state index contributed by atoms with van der Waals surface area (Å²) in [7, 11) is 1.67. The Morgan fingerprint density at radius 2 is 1.44 bits per heavy atom. The molecule has 1 saturated heterocycles. The smallest absolute Gasteiger partial charge is 0.269 e. The molecule has 3 fully saturated rings. The third kappa shape index (κ3) is 12.3. The van der Waals surface area contributed by atoms with Gasteiger partial charge in [-0.05, 0) is 87.9 Å². The average molecular weight is 845 g/mol. The number of ketones is 2. The van der Waals surface area contributed by atoms with E-state index < -0.39 is 70.0 Å². The summed E-state index contributed by atoms with van der Waals surface area (Å²) in [6.07, 6.45) is 12.6. The number of likely N-dealkylation sites (tertiary alicyclic amines) is 1.